The van der Waals surface area contributed by atoms with E-state index >= 15 is 0 Å². The number of carbonyl (C=O) groups is 1. The molecular formula is C17H19FN4O3. The number of nitrogens with two attached hydrogens (primary N) is 1. The Bertz CT molecular complexity index is 859. The summed E-state index contributed by atoms with van der Waals surface area (Å²) in [6.07, 6.45) is -0.191. The Morgan fingerprint density at radius 2 is 2.04 bits per heavy atom. The van der Waals surface area contributed by atoms with Crippen molar-refractivity contribution in [3.8, 4) is 5.69 Å². The Morgan fingerprint density at radius 1 is 1.32 bits per heavy atom. The van der Waals surface area contributed by atoms with E-state index in [0.29, 0.717) is 43.4 Å². The first-order chi connectivity index (χ1) is 12.0. The monoisotopic (exact) mass is 346 g/mol. The van der Waals surface area contributed by atoms with Crippen molar-refractivity contribution < 1.29 is 13.9 Å². The normalized spacial score (nSPS) is 14.6. The highest BCUT2D eigenvalue weighted by Gasteiger charge is 2.18. The molecule has 0 spiro atoms. The number of morpholine rings is 1. The molecule has 2 heterocycles. The molecule has 0 bridgehead atoms. The van der Waals surface area contributed by atoms with Gasteiger partial charge in [-0.2, -0.15) is 0 Å². The fourth-order valence-corrected chi connectivity index (χ4v) is 2.79. The maximum atomic E-state index is 13.5. The number of aryl methyl sites for hydroxylation is 1. The van der Waals surface area contributed by atoms with Gasteiger partial charge in [0.1, 0.15) is 17.5 Å². The van der Waals surface area contributed by atoms with Crippen LogP contribution in [0.2, 0.25) is 0 Å². The molecule has 0 atom stereocenters. The van der Waals surface area contributed by atoms with Gasteiger partial charge in [0.05, 0.1) is 25.3 Å². The van der Waals surface area contributed by atoms with Gasteiger partial charge in [0, 0.05) is 19.2 Å². The van der Waals surface area contributed by atoms with E-state index < -0.39 is 5.91 Å². The summed E-state index contributed by atoms with van der Waals surface area (Å²) < 4.78 is 20.1. The van der Waals surface area contributed by atoms with Crippen LogP contribution in [0.5, 0.6) is 0 Å². The van der Waals surface area contributed by atoms with Gasteiger partial charge in [0.25, 0.3) is 5.56 Å². The number of ether oxygens (including phenoxy) is 1. The topological polar surface area (TPSA) is 90.4 Å². The smallest absolute Gasteiger partial charge is 0.260 e. The van der Waals surface area contributed by atoms with Crippen LogP contribution in [0.15, 0.2) is 29.1 Å². The van der Waals surface area contributed by atoms with Crippen LogP contribution in [0.25, 0.3) is 5.69 Å². The third kappa shape index (κ3) is 3.69. The van der Waals surface area contributed by atoms with Crippen LogP contribution in [-0.4, -0.2) is 41.8 Å². The standard InChI is InChI=1S/C17H19FN4O3/c1-11-8-12(2-3-13(11)18)22-16(9-14(19)23)20-15(10-17(22)24)21-4-6-25-7-5-21/h2-3,8,10H,4-7,9H2,1H3,(H2,19,23). The maximum absolute atomic E-state index is 13.5. The number of aromatic nitrogens is 2. The van der Waals surface area contributed by atoms with Gasteiger partial charge in [0.2, 0.25) is 5.91 Å². The van der Waals surface area contributed by atoms with Crippen LogP contribution in [0.1, 0.15) is 11.4 Å². The van der Waals surface area contributed by atoms with Crippen LogP contribution in [0.4, 0.5) is 10.2 Å². The Hall–Kier alpha value is -2.74. The number of nitrogens with zero attached hydrogens (tertiary/aromatic N) is 3. The van der Waals surface area contributed by atoms with Gasteiger partial charge < -0.3 is 15.4 Å². The minimum atomic E-state index is -0.599. The fraction of sp³-hybridized carbons (Fsp3) is 0.353. The lowest BCUT2D eigenvalue weighted by Gasteiger charge is -2.28. The Balaban J connectivity index is 2.11. The summed E-state index contributed by atoms with van der Waals surface area (Å²) in [4.78, 5) is 30.5. The van der Waals surface area contributed by atoms with Crippen molar-refractivity contribution in [1.29, 1.82) is 0 Å². The van der Waals surface area contributed by atoms with Crippen LogP contribution in [-0.2, 0) is 16.0 Å². The van der Waals surface area contributed by atoms with Gasteiger partial charge in [-0.15, -0.1) is 0 Å². The number of amides is 1. The molecule has 0 radical (unpaired) electrons. The quantitative estimate of drug-likeness (QED) is 0.873. The van der Waals surface area contributed by atoms with E-state index in [4.69, 9.17) is 10.5 Å². The van der Waals surface area contributed by atoms with Crippen molar-refractivity contribution in [1.82, 2.24) is 9.55 Å². The zero-order valence-electron chi connectivity index (χ0n) is 13.9. The Kier molecular flexibility index (Phi) is 4.80. The summed E-state index contributed by atoms with van der Waals surface area (Å²) in [5, 5.41) is 0. The van der Waals surface area contributed by atoms with E-state index in [-0.39, 0.29) is 23.6 Å². The van der Waals surface area contributed by atoms with E-state index in [1.54, 1.807) is 6.92 Å². The van der Waals surface area contributed by atoms with Crippen molar-refractivity contribution in [2.75, 3.05) is 31.2 Å². The largest absolute Gasteiger partial charge is 0.378 e. The van der Waals surface area contributed by atoms with Crippen LogP contribution < -0.4 is 16.2 Å². The molecular weight excluding hydrogens is 327 g/mol. The van der Waals surface area contributed by atoms with E-state index in [9.17, 15) is 14.0 Å². The number of carbonyl (C=O) groups excluding carboxylic acids is 1. The fourth-order valence-electron chi connectivity index (χ4n) is 2.79. The van der Waals surface area contributed by atoms with E-state index in [1.165, 1.54) is 28.8 Å². The van der Waals surface area contributed by atoms with Gasteiger partial charge in [-0.1, -0.05) is 0 Å². The number of anilines is 1. The number of rotatable bonds is 4. The first-order valence-electron chi connectivity index (χ1n) is 7.96. The maximum Gasteiger partial charge on any atom is 0.260 e. The second-order valence-electron chi connectivity index (χ2n) is 5.88. The summed E-state index contributed by atoms with van der Waals surface area (Å²) in [5.41, 5.74) is 5.81. The summed E-state index contributed by atoms with van der Waals surface area (Å²) in [5.74, 6) is -0.253. The van der Waals surface area contributed by atoms with Crippen molar-refractivity contribution in [3.05, 3.63) is 51.8 Å². The first kappa shape index (κ1) is 17.1. The Morgan fingerprint density at radius 3 is 2.68 bits per heavy atom. The second-order valence-corrected chi connectivity index (χ2v) is 5.88. The third-order valence-electron chi connectivity index (χ3n) is 4.04. The molecule has 1 amide bonds. The van der Waals surface area contributed by atoms with Crippen molar-refractivity contribution in [2.24, 2.45) is 5.73 Å². The molecule has 2 aromatic rings. The highest BCUT2D eigenvalue weighted by molar-refractivity contribution is 5.76. The van der Waals surface area contributed by atoms with Gasteiger partial charge in [-0.05, 0) is 30.7 Å². The zero-order valence-corrected chi connectivity index (χ0v) is 13.9. The summed E-state index contributed by atoms with van der Waals surface area (Å²) in [6.45, 7) is 3.93. The highest BCUT2D eigenvalue weighted by atomic mass is 19.1. The van der Waals surface area contributed by atoms with E-state index in [2.05, 4.69) is 4.98 Å². The number of hydrogen-bond donors (Lipinski definition) is 1. The molecule has 1 aromatic heterocycles. The predicted molar refractivity (Wildman–Crippen MR) is 90.5 cm³/mol. The lowest BCUT2D eigenvalue weighted by molar-refractivity contribution is -0.117. The second kappa shape index (κ2) is 7.02. The summed E-state index contributed by atoms with van der Waals surface area (Å²) in [7, 11) is 0. The first-order valence-corrected chi connectivity index (χ1v) is 7.96. The molecule has 7 nitrogen and oxygen atoms in total. The minimum Gasteiger partial charge on any atom is -0.378 e. The number of hydrogen-bond acceptors (Lipinski definition) is 5. The lowest BCUT2D eigenvalue weighted by Crippen LogP contribution is -2.38. The van der Waals surface area contributed by atoms with Gasteiger partial charge >= 0.3 is 0 Å². The molecule has 0 aliphatic carbocycles. The van der Waals surface area contributed by atoms with Gasteiger partial charge in [0.15, 0.2) is 0 Å². The lowest BCUT2D eigenvalue weighted by atomic mass is 10.2. The molecule has 1 fully saturated rings. The van der Waals surface area contributed by atoms with E-state index in [0.717, 1.165) is 0 Å². The molecule has 1 aromatic carbocycles. The number of primary amides is 1. The van der Waals surface area contributed by atoms with Crippen LogP contribution >= 0.6 is 0 Å². The average Bonchev–Trinajstić information content (AvgIpc) is 2.57. The zero-order chi connectivity index (χ0) is 18.0. The van der Waals surface area contributed by atoms with Crippen molar-refractivity contribution in [2.45, 2.75) is 13.3 Å². The molecule has 0 unspecified atom stereocenters. The highest BCUT2D eigenvalue weighted by Crippen LogP contribution is 2.17. The number of halogens is 1. The predicted octanol–water partition coefficient (Wildman–Crippen LogP) is 0.544. The molecule has 1 aliphatic heterocycles. The molecule has 8 heteroatoms. The molecule has 3 rings (SSSR count). The summed E-state index contributed by atoms with van der Waals surface area (Å²) in [6, 6.07) is 5.71. The molecule has 1 aliphatic rings. The minimum absolute atomic E-state index is 0.191. The molecule has 1 saturated heterocycles. The molecule has 0 saturated carbocycles. The van der Waals surface area contributed by atoms with Crippen molar-refractivity contribution in [3.63, 3.8) is 0 Å². The summed E-state index contributed by atoms with van der Waals surface area (Å²) >= 11 is 0. The average molecular weight is 346 g/mol. The molecule has 25 heavy (non-hydrogen) atoms. The van der Waals surface area contributed by atoms with Crippen LogP contribution in [0, 0.1) is 12.7 Å². The third-order valence-corrected chi connectivity index (χ3v) is 4.04. The van der Waals surface area contributed by atoms with Gasteiger partial charge in [-0.3, -0.25) is 14.2 Å². The van der Waals surface area contributed by atoms with Crippen LogP contribution in [0.3, 0.4) is 0 Å². The van der Waals surface area contributed by atoms with E-state index in [1.807, 2.05) is 4.90 Å². The number of benzene rings is 1. The van der Waals surface area contributed by atoms with Gasteiger partial charge in [-0.25, -0.2) is 9.37 Å². The Labute approximate surface area is 143 Å². The van der Waals surface area contributed by atoms with Crippen molar-refractivity contribution >= 4 is 11.7 Å². The molecule has 2 N–H and O–H groups in total. The SMILES string of the molecule is Cc1cc(-n2c(CC(N)=O)nc(N3CCOCC3)cc2=O)ccc1F. The molecule has 132 valence electrons.